The highest BCUT2D eigenvalue weighted by Gasteiger charge is 2.48. The molecule has 9 aliphatic heterocycles. The number of hydrogen-bond acceptors (Lipinski definition) is 26. The van der Waals surface area contributed by atoms with Crippen LogP contribution in [0.5, 0.6) is 0 Å². The minimum Gasteiger partial charge on any atom is -0.470 e. The minimum absolute atomic E-state index is 0.0109. The lowest BCUT2D eigenvalue weighted by Gasteiger charge is -2.34. The summed E-state index contributed by atoms with van der Waals surface area (Å²) in [7, 11) is 3.35. The third-order valence-corrected chi connectivity index (χ3v) is 42.1. The van der Waals surface area contributed by atoms with Gasteiger partial charge in [0, 0.05) is 96.9 Å². The monoisotopic (exact) mass is 2160 g/mol. The van der Waals surface area contributed by atoms with Crippen molar-refractivity contribution in [3.05, 3.63) is 318 Å². The highest BCUT2D eigenvalue weighted by Crippen LogP contribution is 2.62. The second kappa shape index (κ2) is 47.4. The van der Waals surface area contributed by atoms with Crippen LogP contribution in [-0.2, 0) is 43.0 Å². The van der Waals surface area contributed by atoms with Crippen LogP contribution in [0.15, 0.2) is 281 Å². The summed E-state index contributed by atoms with van der Waals surface area (Å²) in [4.78, 5) is 139. The fraction of sp³-hybridized carbons (Fsp3) is 0.288. The number of hydrazine groups is 1. The summed E-state index contributed by atoms with van der Waals surface area (Å²) in [6, 6.07) is 50.7. The van der Waals surface area contributed by atoms with E-state index in [2.05, 4.69) is 159 Å². The molecule has 1 N–H and O–H groups in total. The number of carbonyl (C=O) groups excluding carboxylic acids is 9. The molecule has 1 unspecified atom stereocenters. The number of carbonyl (C=O) groups is 9. The second-order valence-electron chi connectivity index (χ2n) is 36.0. The zero-order chi connectivity index (χ0) is 104. The molecule has 0 radical (unpaired) electrons. The fourth-order valence-electron chi connectivity index (χ4n) is 15.9. The fourth-order valence-corrected chi connectivity index (χ4v) is 32.9. The van der Waals surface area contributed by atoms with Gasteiger partial charge in [0.15, 0.2) is 16.7 Å². The molecule has 9 aromatic rings. The Labute approximate surface area is 899 Å². The van der Waals surface area contributed by atoms with Gasteiger partial charge in [0.05, 0.1) is 85.6 Å². The molecule has 10 aliphatic rings. The van der Waals surface area contributed by atoms with Crippen LogP contribution in [0.2, 0.25) is 0 Å². The van der Waals surface area contributed by atoms with Crippen molar-refractivity contribution in [1.82, 2.24) is 14.8 Å². The SMILES string of the molecule is CCN1C(=O)C(=C2Sc3c(C)ccc(C)c3S2)C(=O)N(C)C1=S.Cc1ccc(C)c2c1SC(=C1C(=O)N(C)N=C1C(C)C)S2.Cc1ccc(C)c2c1SC(=C1C(=O)N(c3ccccc3)N(c3ccccc3)C1=O)S2.Cc1ccc(C)c2c1SC(=C1C(=O)c3ccccc3C1=O)S2.[C-]#[N+]C(C(=O)OCC(CC)CCCC)=C1Sc2c(C)ccc(C)c2S1.[C-]#[N+]C(C(=O)OCCC(C)(C)O)=C1Sc2c(C)ccc(C)c2S1. The molecule has 19 rings (SSSR count). The van der Waals surface area contributed by atoms with Crippen molar-refractivity contribution in [1.29, 1.82) is 0 Å². The van der Waals surface area contributed by atoms with E-state index in [1.165, 1.54) is 172 Å². The number of para-hydroxylation sites is 2. The highest BCUT2D eigenvalue weighted by molar-refractivity contribution is 8.27. The van der Waals surface area contributed by atoms with Gasteiger partial charge >= 0.3 is 11.9 Å². The van der Waals surface area contributed by atoms with Gasteiger partial charge < -0.3 is 14.6 Å². The number of allylic oxidation sites excluding steroid dienone is 1. The number of hydrazone groups is 1. The lowest BCUT2D eigenvalue weighted by atomic mass is 10.0. The number of unbranched alkanes of at least 4 members (excludes halogenated alkanes) is 1. The molecule has 9 heterocycles. The molecule has 2 saturated heterocycles. The summed E-state index contributed by atoms with van der Waals surface area (Å²) in [6.45, 7) is 54.1. The first-order valence-corrected chi connectivity index (χ1v) is 56.9. The largest absolute Gasteiger partial charge is 0.470 e. The lowest BCUT2D eigenvalue weighted by Crippen LogP contribution is -2.54. The van der Waals surface area contributed by atoms with Crippen LogP contribution in [0.3, 0.4) is 0 Å². The average molecular weight is 2160 g/mol. The predicted octanol–water partition coefficient (Wildman–Crippen LogP) is 28.7. The smallest absolute Gasteiger partial charge is 0.338 e. The van der Waals surface area contributed by atoms with Crippen LogP contribution in [0.25, 0.3) is 9.69 Å². The van der Waals surface area contributed by atoms with Crippen LogP contribution in [0.4, 0.5) is 11.4 Å². The Balaban J connectivity index is 0.000000137. The maximum atomic E-state index is 13.6. The number of hydrogen-bond donors (Lipinski definition) is 1. The molecule has 5 amide bonds. The Kier molecular flexibility index (Phi) is 36.1. The van der Waals surface area contributed by atoms with Crippen LogP contribution in [0, 0.1) is 108 Å². The number of aliphatic hydroxyl groups is 1. The van der Waals surface area contributed by atoms with Crippen LogP contribution < -0.4 is 10.0 Å². The summed E-state index contributed by atoms with van der Waals surface area (Å²) in [6.07, 6.45) is 4.68. The molecule has 742 valence electrons. The van der Waals surface area contributed by atoms with E-state index < -0.39 is 17.5 Å². The number of fused-ring (bicyclic) bond motifs is 7. The van der Waals surface area contributed by atoms with Gasteiger partial charge in [-0.1, -0.05) is 322 Å². The molecule has 1 aliphatic carbocycles. The Morgan fingerprint density at radius 3 is 1.03 bits per heavy atom. The molecule has 0 saturated carbocycles. The number of amides is 5. The molecule has 9 aromatic carbocycles. The number of nitrogens with zero attached hydrogens (tertiary/aromatic N) is 8. The van der Waals surface area contributed by atoms with Gasteiger partial charge in [0.25, 0.3) is 40.9 Å². The van der Waals surface area contributed by atoms with Crippen molar-refractivity contribution in [2.75, 3.05) is 43.9 Å². The normalized spacial score (nSPS) is 15.9. The summed E-state index contributed by atoms with van der Waals surface area (Å²) < 4.78 is 15.4. The Morgan fingerprint density at radius 2 is 0.722 bits per heavy atom. The van der Waals surface area contributed by atoms with Crippen molar-refractivity contribution < 1.29 is 57.7 Å². The van der Waals surface area contributed by atoms with Gasteiger partial charge in [-0.3, -0.25) is 53.0 Å². The van der Waals surface area contributed by atoms with Crippen LogP contribution in [-0.4, -0.2) is 123 Å². The number of ether oxygens (including phenoxy) is 2. The van der Waals surface area contributed by atoms with E-state index in [-0.39, 0.29) is 81.3 Å². The van der Waals surface area contributed by atoms with Crippen molar-refractivity contribution in [2.45, 2.75) is 228 Å². The number of ketones is 2. The number of thioether (sulfide) groups is 12. The Bertz CT molecular complexity index is 6890. The zero-order valence-electron chi connectivity index (χ0n) is 83.6. The van der Waals surface area contributed by atoms with Gasteiger partial charge in [-0.15, -0.1) is 0 Å². The van der Waals surface area contributed by atoms with Gasteiger partial charge in [-0.05, 0) is 225 Å². The lowest BCUT2D eigenvalue weighted by molar-refractivity contribution is -0.140. The van der Waals surface area contributed by atoms with E-state index in [9.17, 15) is 48.3 Å². The topological polar surface area (TPSA) is 230 Å². The first-order valence-electron chi connectivity index (χ1n) is 46.6. The number of Topliss-reactive ketones (excluding diaryl/α,β-unsaturated/α-hetero) is 2. The molecular weight excluding hydrogens is 2050 g/mol. The van der Waals surface area contributed by atoms with E-state index in [1.807, 2.05) is 107 Å². The zero-order valence-corrected chi connectivity index (χ0v) is 94.3. The molecule has 1 atom stereocenters. The maximum Gasteiger partial charge on any atom is 0.338 e. The van der Waals surface area contributed by atoms with E-state index in [0.717, 1.165) is 131 Å². The quantitative estimate of drug-likeness (QED) is 0.0331. The summed E-state index contributed by atoms with van der Waals surface area (Å²) in [5, 5.41) is 18.7. The van der Waals surface area contributed by atoms with Crippen molar-refractivity contribution in [3.8, 4) is 0 Å². The Hall–Kier alpha value is -10.1. The molecule has 20 nitrogen and oxygen atoms in total. The standard InChI is InChI=1S/C24H18N2O2S2.C20H25NO2S2.C18H12O2S2.C17H19NO3S2.C16H16N2O2S3.C16H18N2OS2/c1-15-13-14-16(2)21-20(15)29-24(30-21)19-22(27)25(17-9-5-3-6-10-17)26(23(19)28)18-11-7-4-8-12-18;1-6-8-9-15(7-2)12-23-19(22)16(21-5)20-24-17-13(3)10-11-14(4)18(17)25-20;1-9-7-8-10(2)17-16(9)21-18(22-17)13-14(19)11-5-3-4-6-12(11)15(13)20;1-10-6-7-11(2)14-13(10)22-16(23-14)12(18-5)15(19)21-9-8-17(3,4)20;1-5-18-14(20)10(13(19)17(4)16(18)21)15-22-11-8(2)6-7-9(3)12(11)23-15;1-8(2)12-11(15(19)18(5)17-12)16-20-13-9(3)6-7-10(4)14(13)21-16/h3-14H,1-2H3;10-11,15H,6-9,12H2,1-4H3;3-8H,1-2H3;6-7,20H,8-9H2,1-4H3;6-7H,5H2,1-4H3;6-8H,1-5H3. The van der Waals surface area contributed by atoms with E-state index >= 15 is 0 Å². The molecule has 144 heavy (non-hydrogen) atoms. The van der Waals surface area contributed by atoms with Gasteiger partial charge in [-0.2, -0.15) is 5.10 Å². The molecule has 0 bridgehead atoms. The summed E-state index contributed by atoms with van der Waals surface area (Å²) in [5.74, 6) is -1.96. The summed E-state index contributed by atoms with van der Waals surface area (Å²) in [5.41, 5.74) is 18.3. The number of likely N-dealkylation sites (N-methyl/N-ethyl adjacent to an activating group) is 3. The third kappa shape index (κ3) is 23.4. The molecule has 0 spiro atoms. The van der Waals surface area contributed by atoms with E-state index in [4.69, 9.17) is 34.8 Å². The molecule has 33 heteroatoms. The van der Waals surface area contributed by atoms with E-state index in [1.54, 1.807) is 99.3 Å². The van der Waals surface area contributed by atoms with Crippen LogP contribution >= 0.6 is 153 Å². The average Bonchev–Trinajstić information content (AvgIpc) is 1.58. The van der Waals surface area contributed by atoms with Gasteiger partial charge in [-0.25, -0.2) is 24.7 Å². The summed E-state index contributed by atoms with van der Waals surface area (Å²) >= 11 is 23.8. The van der Waals surface area contributed by atoms with Crippen LogP contribution in [0.1, 0.15) is 168 Å². The number of aryl methyl sites for hydroxylation is 12. The number of anilines is 2. The second-order valence-corrected chi connectivity index (χ2v) is 50.2. The maximum absolute atomic E-state index is 13.6. The van der Waals surface area contributed by atoms with Crippen molar-refractivity contribution in [2.24, 2.45) is 16.9 Å². The third-order valence-electron chi connectivity index (χ3n) is 24.4. The predicted molar refractivity (Wildman–Crippen MR) is 598 cm³/mol. The molecule has 0 aromatic heterocycles. The Morgan fingerprint density at radius 1 is 0.417 bits per heavy atom. The molecular formula is C111H108N8O12S13. The number of rotatable bonds is 15. The first kappa shape index (κ1) is 110. The van der Waals surface area contributed by atoms with Gasteiger partial charge in [0.1, 0.15) is 11.1 Å². The number of esters is 2. The highest BCUT2D eigenvalue weighted by atomic mass is 32.2. The van der Waals surface area contributed by atoms with E-state index in [0.29, 0.717) is 57.8 Å². The number of thiocarbonyl (C=S) groups is 1. The first-order chi connectivity index (χ1) is 68.6. The number of benzene rings is 9. The van der Waals surface area contributed by atoms with Crippen molar-refractivity contribution >= 4 is 229 Å². The molecule has 2 fully saturated rings. The van der Waals surface area contributed by atoms with Crippen molar-refractivity contribution in [3.63, 3.8) is 0 Å². The van der Waals surface area contributed by atoms with Gasteiger partial charge in [0.2, 0.25) is 0 Å². The minimum atomic E-state index is -0.896.